The van der Waals surface area contributed by atoms with E-state index in [1.54, 1.807) is 6.07 Å². The first kappa shape index (κ1) is 13.3. The molecule has 0 radical (unpaired) electrons. The van der Waals surface area contributed by atoms with E-state index >= 15 is 0 Å². The minimum Gasteiger partial charge on any atom is -0.372 e. The smallest absolute Gasteiger partial charge is 0.146 e. The molecule has 0 aromatic heterocycles. The Balaban J connectivity index is 2.19. The molecule has 1 saturated carbocycles. The van der Waals surface area contributed by atoms with Gasteiger partial charge in [0, 0.05) is 19.6 Å². The van der Waals surface area contributed by atoms with Gasteiger partial charge in [-0.1, -0.05) is 25.0 Å². The van der Waals surface area contributed by atoms with Gasteiger partial charge in [-0.2, -0.15) is 0 Å². The van der Waals surface area contributed by atoms with Crippen LogP contribution in [0.2, 0.25) is 0 Å². The summed E-state index contributed by atoms with van der Waals surface area (Å²) in [5.74, 6) is 0.542. The molecule has 3 heteroatoms. The molecule has 18 heavy (non-hydrogen) atoms. The monoisotopic (exact) mass is 250 g/mol. The highest BCUT2D eigenvalue weighted by molar-refractivity contribution is 5.55. The molecule has 1 aliphatic carbocycles. The summed E-state index contributed by atoms with van der Waals surface area (Å²) in [4.78, 5) is 2.05. The van der Waals surface area contributed by atoms with Crippen LogP contribution in [0, 0.1) is 11.7 Å². The van der Waals surface area contributed by atoms with Crippen LogP contribution < -0.4 is 10.6 Å². The van der Waals surface area contributed by atoms with E-state index in [9.17, 15) is 4.39 Å². The molecule has 0 amide bonds. The van der Waals surface area contributed by atoms with E-state index in [0.717, 1.165) is 12.1 Å². The lowest BCUT2D eigenvalue weighted by atomic mass is 10.0. The fourth-order valence-corrected chi connectivity index (χ4v) is 2.97. The SMILES string of the molecule is C[C@@H](N)c1cccc(F)c1N(C)CC1CCCC1. The van der Waals surface area contributed by atoms with Gasteiger partial charge in [0.15, 0.2) is 0 Å². The van der Waals surface area contributed by atoms with Crippen molar-refractivity contribution < 1.29 is 4.39 Å². The van der Waals surface area contributed by atoms with E-state index < -0.39 is 0 Å². The average molecular weight is 250 g/mol. The Morgan fingerprint density at radius 1 is 1.39 bits per heavy atom. The van der Waals surface area contributed by atoms with Crippen molar-refractivity contribution in [1.82, 2.24) is 0 Å². The molecular formula is C15H23FN2. The quantitative estimate of drug-likeness (QED) is 0.886. The normalized spacial score (nSPS) is 18.0. The first-order valence-electron chi connectivity index (χ1n) is 6.84. The van der Waals surface area contributed by atoms with Crippen molar-refractivity contribution >= 4 is 5.69 Å². The Hall–Kier alpha value is -1.09. The van der Waals surface area contributed by atoms with E-state index in [0.29, 0.717) is 11.6 Å². The molecule has 1 fully saturated rings. The molecular weight excluding hydrogens is 227 g/mol. The summed E-state index contributed by atoms with van der Waals surface area (Å²) < 4.78 is 14.0. The third-order valence-corrected chi connectivity index (χ3v) is 3.90. The fourth-order valence-electron chi connectivity index (χ4n) is 2.97. The van der Waals surface area contributed by atoms with E-state index in [4.69, 9.17) is 5.73 Å². The number of anilines is 1. The van der Waals surface area contributed by atoms with E-state index in [1.165, 1.54) is 31.7 Å². The summed E-state index contributed by atoms with van der Waals surface area (Å²) in [7, 11) is 1.97. The molecule has 1 aromatic carbocycles. The van der Waals surface area contributed by atoms with Crippen molar-refractivity contribution in [3.05, 3.63) is 29.6 Å². The van der Waals surface area contributed by atoms with Crippen LogP contribution in [0.15, 0.2) is 18.2 Å². The minimum absolute atomic E-state index is 0.137. The molecule has 1 atom stereocenters. The lowest BCUT2D eigenvalue weighted by Gasteiger charge is -2.27. The van der Waals surface area contributed by atoms with Gasteiger partial charge in [0.2, 0.25) is 0 Å². The molecule has 0 saturated heterocycles. The van der Waals surface area contributed by atoms with Crippen LogP contribution in [0.1, 0.15) is 44.2 Å². The van der Waals surface area contributed by atoms with E-state index in [2.05, 4.69) is 0 Å². The zero-order valence-corrected chi connectivity index (χ0v) is 11.3. The number of rotatable bonds is 4. The van der Waals surface area contributed by atoms with Crippen molar-refractivity contribution in [3.8, 4) is 0 Å². The summed E-state index contributed by atoms with van der Waals surface area (Å²) in [6.07, 6.45) is 5.17. The number of para-hydroxylation sites is 1. The lowest BCUT2D eigenvalue weighted by Crippen LogP contribution is -2.27. The van der Waals surface area contributed by atoms with Crippen molar-refractivity contribution in [2.45, 2.75) is 38.6 Å². The number of nitrogens with zero attached hydrogens (tertiary/aromatic N) is 1. The molecule has 0 unspecified atom stereocenters. The average Bonchev–Trinajstić information content (AvgIpc) is 2.81. The van der Waals surface area contributed by atoms with Gasteiger partial charge >= 0.3 is 0 Å². The second-order valence-corrected chi connectivity index (χ2v) is 5.50. The summed E-state index contributed by atoms with van der Waals surface area (Å²) in [6, 6.07) is 5.04. The van der Waals surface area contributed by atoms with Gasteiger partial charge in [-0.05, 0) is 37.3 Å². The molecule has 0 aliphatic heterocycles. The predicted molar refractivity (Wildman–Crippen MR) is 74.2 cm³/mol. The van der Waals surface area contributed by atoms with Crippen LogP contribution in [0.4, 0.5) is 10.1 Å². The zero-order chi connectivity index (χ0) is 13.1. The number of halogens is 1. The molecule has 1 aliphatic rings. The maximum atomic E-state index is 14.0. The Labute approximate surface area is 109 Å². The van der Waals surface area contributed by atoms with Crippen LogP contribution in [0.3, 0.4) is 0 Å². The topological polar surface area (TPSA) is 29.3 Å². The summed E-state index contributed by atoms with van der Waals surface area (Å²) >= 11 is 0. The van der Waals surface area contributed by atoms with Crippen molar-refractivity contribution in [2.75, 3.05) is 18.5 Å². The molecule has 0 spiro atoms. The van der Waals surface area contributed by atoms with Gasteiger partial charge in [0.25, 0.3) is 0 Å². The van der Waals surface area contributed by atoms with E-state index in [1.807, 2.05) is 24.9 Å². The summed E-state index contributed by atoms with van der Waals surface area (Å²) in [5, 5.41) is 0. The number of benzene rings is 1. The number of nitrogens with two attached hydrogens (primary N) is 1. The maximum absolute atomic E-state index is 14.0. The molecule has 2 nitrogen and oxygen atoms in total. The van der Waals surface area contributed by atoms with Gasteiger partial charge in [0.05, 0.1) is 5.69 Å². The summed E-state index contributed by atoms with van der Waals surface area (Å²) in [5.41, 5.74) is 7.51. The standard InChI is InChI=1S/C15H23FN2/c1-11(17)13-8-5-9-14(16)15(13)18(2)10-12-6-3-4-7-12/h5,8-9,11-12H,3-4,6-7,10,17H2,1-2H3/t11-/m1/s1. The third kappa shape index (κ3) is 2.83. The first-order chi connectivity index (χ1) is 8.59. The molecule has 0 bridgehead atoms. The van der Waals surface area contributed by atoms with Gasteiger partial charge in [-0.3, -0.25) is 0 Å². The van der Waals surface area contributed by atoms with Crippen molar-refractivity contribution in [3.63, 3.8) is 0 Å². The van der Waals surface area contributed by atoms with Crippen LogP contribution in [-0.2, 0) is 0 Å². The highest BCUT2D eigenvalue weighted by atomic mass is 19.1. The maximum Gasteiger partial charge on any atom is 0.146 e. The molecule has 2 rings (SSSR count). The van der Waals surface area contributed by atoms with Crippen LogP contribution >= 0.6 is 0 Å². The van der Waals surface area contributed by atoms with Crippen LogP contribution in [0.25, 0.3) is 0 Å². The lowest BCUT2D eigenvalue weighted by molar-refractivity contribution is 0.536. The van der Waals surface area contributed by atoms with Gasteiger partial charge in [-0.15, -0.1) is 0 Å². The van der Waals surface area contributed by atoms with Crippen molar-refractivity contribution in [2.24, 2.45) is 11.7 Å². The first-order valence-corrected chi connectivity index (χ1v) is 6.84. The molecule has 1 aromatic rings. The summed E-state index contributed by atoms with van der Waals surface area (Å²) in [6.45, 7) is 2.84. The number of hydrogen-bond donors (Lipinski definition) is 1. The third-order valence-electron chi connectivity index (χ3n) is 3.90. The Bertz CT molecular complexity index is 397. The highest BCUT2D eigenvalue weighted by Gasteiger charge is 2.21. The van der Waals surface area contributed by atoms with Gasteiger partial charge in [-0.25, -0.2) is 4.39 Å². The van der Waals surface area contributed by atoms with Gasteiger partial charge < -0.3 is 10.6 Å². The Morgan fingerprint density at radius 3 is 2.67 bits per heavy atom. The number of hydrogen-bond acceptors (Lipinski definition) is 2. The second-order valence-electron chi connectivity index (χ2n) is 5.50. The largest absolute Gasteiger partial charge is 0.372 e. The molecule has 2 N–H and O–H groups in total. The van der Waals surface area contributed by atoms with Crippen LogP contribution in [-0.4, -0.2) is 13.6 Å². The fraction of sp³-hybridized carbons (Fsp3) is 0.600. The second kappa shape index (κ2) is 5.70. The van der Waals surface area contributed by atoms with E-state index in [-0.39, 0.29) is 11.9 Å². The van der Waals surface area contributed by atoms with Crippen molar-refractivity contribution in [1.29, 1.82) is 0 Å². The highest BCUT2D eigenvalue weighted by Crippen LogP contribution is 2.31. The van der Waals surface area contributed by atoms with Crippen LogP contribution in [0.5, 0.6) is 0 Å². The Kier molecular flexibility index (Phi) is 4.23. The van der Waals surface area contributed by atoms with Gasteiger partial charge in [0.1, 0.15) is 5.82 Å². The zero-order valence-electron chi connectivity index (χ0n) is 11.3. The molecule has 0 heterocycles. The predicted octanol–water partition coefficient (Wildman–Crippen LogP) is 3.47. The Morgan fingerprint density at radius 2 is 2.06 bits per heavy atom. The minimum atomic E-state index is -0.162. The molecule has 100 valence electrons.